The maximum absolute atomic E-state index is 11.4. The van der Waals surface area contributed by atoms with E-state index in [1.165, 1.54) is 19.3 Å². The average Bonchev–Trinajstić information content (AvgIpc) is 2.46. The Kier molecular flexibility index (Phi) is 1.95. The fourth-order valence-corrected chi connectivity index (χ4v) is 2.46. The third-order valence-corrected chi connectivity index (χ3v) is 3.48. The number of hydrogen-bond donors (Lipinski definition) is 1. The van der Waals surface area contributed by atoms with Crippen molar-refractivity contribution in [3.8, 4) is 0 Å². The molecule has 1 unspecified atom stereocenters. The molecule has 2 aliphatic rings. The summed E-state index contributed by atoms with van der Waals surface area (Å²) in [5.41, 5.74) is 0.398. The van der Waals surface area contributed by atoms with Crippen LogP contribution in [-0.2, 0) is 4.79 Å². The highest BCUT2D eigenvalue weighted by Crippen LogP contribution is 2.41. The predicted octanol–water partition coefficient (Wildman–Crippen LogP) is 1.50. The van der Waals surface area contributed by atoms with E-state index in [0.717, 1.165) is 13.0 Å². The normalized spacial score (nSPS) is 31.9. The van der Waals surface area contributed by atoms with Crippen molar-refractivity contribution in [2.45, 2.75) is 44.6 Å². The lowest BCUT2D eigenvalue weighted by Gasteiger charge is -2.38. The Morgan fingerprint density at radius 1 is 1.58 bits per heavy atom. The molecular formula is C10H17NO. The zero-order valence-corrected chi connectivity index (χ0v) is 7.73. The first-order valence-corrected chi connectivity index (χ1v) is 5.03. The highest BCUT2D eigenvalue weighted by Gasteiger charge is 2.44. The summed E-state index contributed by atoms with van der Waals surface area (Å²) in [5, 5.41) is 3.51. The van der Waals surface area contributed by atoms with Gasteiger partial charge in [-0.3, -0.25) is 4.79 Å². The Bertz CT molecular complexity index is 196. The van der Waals surface area contributed by atoms with Gasteiger partial charge in [-0.15, -0.1) is 0 Å². The molecule has 1 aliphatic carbocycles. The van der Waals surface area contributed by atoms with Crippen LogP contribution in [0.2, 0.25) is 0 Å². The van der Waals surface area contributed by atoms with E-state index in [0.29, 0.717) is 23.7 Å². The molecule has 2 rings (SSSR count). The van der Waals surface area contributed by atoms with Crippen LogP contribution >= 0.6 is 0 Å². The van der Waals surface area contributed by atoms with Crippen LogP contribution < -0.4 is 5.32 Å². The van der Waals surface area contributed by atoms with Gasteiger partial charge in [0.15, 0.2) is 0 Å². The van der Waals surface area contributed by atoms with Crippen molar-refractivity contribution in [3.05, 3.63) is 0 Å². The SMILES string of the molecule is CCC(=O)C1CNC2(CCC2)C1. The lowest BCUT2D eigenvalue weighted by molar-refractivity contribution is -0.122. The Labute approximate surface area is 73.7 Å². The summed E-state index contributed by atoms with van der Waals surface area (Å²) < 4.78 is 0. The van der Waals surface area contributed by atoms with Gasteiger partial charge in [0, 0.05) is 24.4 Å². The van der Waals surface area contributed by atoms with Gasteiger partial charge in [-0.25, -0.2) is 0 Å². The van der Waals surface area contributed by atoms with Gasteiger partial charge in [0.1, 0.15) is 5.78 Å². The lowest BCUT2D eigenvalue weighted by Crippen LogP contribution is -2.45. The second-order valence-corrected chi connectivity index (χ2v) is 4.24. The molecule has 0 bridgehead atoms. The van der Waals surface area contributed by atoms with Gasteiger partial charge in [0.25, 0.3) is 0 Å². The molecule has 1 atom stereocenters. The number of ketones is 1. The molecule has 0 aromatic heterocycles. The van der Waals surface area contributed by atoms with E-state index in [2.05, 4.69) is 5.32 Å². The minimum Gasteiger partial charge on any atom is -0.310 e. The van der Waals surface area contributed by atoms with Gasteiger partial charge in [0.2, 0.25) is 0 Å². The quantitative estimate of drug-likeness (QED) is 0.675. The summed E-state index contributed by atoms with van der Waals surface area (Å²) in [6, 6.07) is 0. The third kappa shape index (κ3) is 1.18. The molecule has 68 valence electrons. The highest BCUT2D eigenvalue weighted by atomic mass is 16.1. The number of Topliss-reactive ketones (excluding diaryl/α,β-unsaturated/α-hetero) is 1. The molecule has 2 nitrogen and oxygen atoms in total. The van der Waals surface area contributed by atoms with Crippen molar-refractivity contribution in [1.29, 1.82) is 0 Å². The molecule has 2 fully saturated rings. The molecule has 0 aromatic rings. The molecule has 0 amide bonds. The summed E-state index contributed by atoms with van der Waals surface area (Å²) >= 11 is 0. The van der Waals surface area contributed by atoms with Crippen LogP contribution in [0.25, 0.3) is 0 Å². The fraction of sp³-hybridized carbons (Fsp3) is 0.900. The van der Waals surface area contributed by atoms with E-state index < -0.39 is 0 Å². The summed E-state index contributed by atoms with van der Waals surface area (Å²) in [6.07, 6.45) is 5.75. The average molecular weight is 167 g/mol. The Morgan fingerprint density at radius 3 is 2.75 bits per heavy atom. The molecule has 1 spiro atoms. The number of carbonyl (C=O) groups excluding carboxylic acids is 1. The van der Waals surface area contributed by atoms with E-state index in [-0.39, 0.29) is 0 Å². The zero-order chi connectivity index (χ0) is 8.60. The van der Waals surface area contributed by atoms with Crippen molar-refractivity contribution in [3.63, 3.8) is 0 Å². The number of hydrogen-bond acceptors (Lipinski definition) is 2. The Balaban J connectivity index is 1.93. The van der Waals surface area contributed by atoms with E-state index in [1.54, 1.807) is 0 Å². The van der Waals surface area contributed by atoms with Crippen LogP contribution in [0.15, 0.2) is 0 Å². The first-order valence-electron chi connectivity index (χ1n) is 5.03. The zero-order valence-electron chi connectivity index (χ0n) is 7.73. The van der Waals surface area contributed by atoms with Crippen molar-refractivity contribution in [1.82, 2.24) is 5.32 Å². The van der Waals surface area contributed by atoms with Crippen molar-refractivity contribution in [2.75, 3.05) is 6.54 Å². The minimum atomic E-state index is 0.329. The Hall–Kier alpha value is -0.370. The smallest absolute Gasteiger partial charge is 0.137 e. The first kappa shape index (κ1) is 8.24. The van der Waals surface area contributed by atoms with Gasteiger partial charge >= 0.3 is 0 Å². The van der Waals surface area contributed by atoms with Crippen molar-refractivity contribution >= 4 is 5.78 Å². The van der Waals surface area contributed by atoms with Gasteiger partial charge in [-0.2, -0.15) is 0 Å². The summed E-state index contributed by atoms with van der Waals surface area (Å²) in [5.74, 6) is 0.779. The summed E-state index contributed by atoms with van der Waals surface area (Å²) in [7, 11) is 0. The number of rotatable bonds is 2. The molecule has 1 saturated carbocycles. The van der Waals surface area contributed by atoms with Gasteiger partial charge < -0.3 is 5.32 Å². The second-order valence-electron chi connectivity index (χ2n) is 4.24. The molecular weight excluding hydrogens is 150 g/mol. The van der Waals surface area contributed by atoms with Gasteiger partial charge in [-0.1, -0.05) is 6.92 Å². The van der Waals surface area contributed by atoms with E-state index in [1.807, 2.05) is 6.92 Å². The molecule has 0 radical (unpaired) electrons. The second kappa shape index (κ2) is 2.84. The summed E-state index contributed by atoms with van der Waals surface area (Å²) in [6.45, 7) is 2.90. The first-order chi connectivity index (χ1) is 5.76. The highest BCUT2D eigenvalue weighted by molar-refractivity contribution is 5.81. The van der Waals surface area contributed by atoms with Crippen LogP contribution in [0.1, 0.15) is 39.0 Å². The summed E-state index contributed by atoms with van der Waals surface area (Å²) in [4.78, 5) is 11.4. The largest absolute Gasteiger partial charge is 0.310 e. The van der Waals surface area contributed by atoms with Crippen LogP contribution in [0.3, 0.4) is 0 Å². The van der Waals surface area contributed by atoms with Gasteiger partial charge in [-0.05, 0) is 25.7 Å². The van der Waals surface area contributed by atoms with Crippen LogP contribution in [-0.4, -0.2) is 17.9 Å². The standard InChI is InChI=1S/C10H17NO/c1-2-9(12)8-6-10(11-7-8)4-3-5-10/h8,11H,2-7H2,1H3. The molecule has 1 aliphatic heterocycles. The number of carbonyl (C=O) groups is 1. The topological polar surface area (TPSA) is 29.1 Å². The molecule has 2 heteroatoms. The van der Waals surface area contributed by atoms with Crippen LogP contribution in [0.5, 0.6) is 0 Å². The molecule has 1 saturated heterocycles. The van der Waals surface area contributed by atoms with E-state index >= 15 is 0 Å². The van der Waals surface area contributed by atoms with Crippen molar-refractivity contribution in [2.24, 2.45) is 5.92 Å². The molecule has 1 N–H and O–H groups in total. The van der Waals surface area contributed by atoms with Crippen molar-refractivity contribution < 1.29 is 4.79 Å². The maximum Gasteiger partial charge on any atom is 0.137 e. The monoisotopic (exact) mass is 167 g/mol. The predicted molar refractivity (Wildman–Crippen MR) is 48.0 cm³/mol. The van der Waals surface area contributed by atoms with E-state index in [9.17, 15) is 4.79 Å². The van der Waals surface area contributed by atoms with E-state index in [4.69, 9.17) is 0 Å². The Morgan fingerprint density at radius 2 is 2.33 bits per heavy atom. The number of nitrogens with one attached hydrogen (secondary N) is 1. The molecule has 0 aromatic carbocycles. The lowest BCUT2D eigenvalue weighted by atomic mass is 9.74. The van der Waals surface area contributed by atoms with Gasteiger partial charge in [0.05, 0.1) is 0 Å². The minimum absolute atomic E-state index is 0.329. The van der Waals surface area contributed by atoms with Crippen LogP contribution in [0.4, 0.5) is 0 Å². The molecule has 1 heterocycles. The molecule has 12 heavy (non-hydrogen) atoms. The third-order valence-electron chi connectivity index (χ3n) is 3.48. The maximum atomic E-state index is 11.4. The fourth-order valence-electron chi connectivity index (χ4n) is 2.46. The van der Waals surface area contributed by atoms with Crippen LogP contribution in [0, 0.1) is 5.92 Å².